The first kappa shape index (κ1) is 7.14. The van der Waals surface area contributed by atoms with Crippen LogP contribution in [0.3, 0.4) is 0 Å². The average molecular weight is 114 g/mol. The lowest BCUT2D eigenvalue weighted by atomic mass is 10.1. The maximum absolute atomic E-state index is 9.96. The van der Waals surface area contributed by atoms with Crippen LogP contribution in [0.25, 0.3) is 0 Å². The number of aldehydes is 1. The molecule has 0 saturated heterocycles. The van der Waals surface area contributed by atoms with Gasteiger partial charge < -0.3 is 10.5 Å². The van der Waals surface area contributed by atoms with Crippen molar-refractivity contribution in [3.63, 3.8) is 0 Å². The van der Waals surface area contributed by atoms with Crippen LogP contribution in [-0.2, 0) is 4.79 Å². The van der Waals surface area contributed by atoms with Gasteiger partial charge >= 0.3 is 0 Å². The Morgan fingerprint density at radius 2 is 2.50 bits per heavy atom. The van der Waals surface area contributed by atoms with Crippen LogP contribution in [0.15, 0.2) is 0 Å². The fraction of sp³-hybridized carbons (Fsp3) is 0.600. The van der Waals surface area contributed by atoms with Gasteiger partial charge in [0.15, 0.2) is 0 Å². The quantitative estimate of drug-likeness (QED) is 0.311. The summed E-state index contributed by atoms with van der Waals surface area (Å²) in [6.45, 7) is 1.82. The molecule has 0 aromatic heterocycles. The average Bonchev–Trinajstić information content (AvgIpc) is 1.69. The van der Waals surface area contributed by atoms with Crippen molar-refractivity contribution in [1.82, 2.24) is 0 Å². The summed E-state index contributed by atoms with van der Waals surface area (Å²) in [7, 11) is 0. The summed E-state index contributed by atoms with van der Waals surface area (Å²) in [5, 5.41) is 6.80. The predicted molar refractivity (Wildman–Crippen MR) is 31.8 cm³/mol. The summed E-state index contributed by atoms with van der Waals surface area (Å²) < 4.78 is 0. The van der Waals surface area contributed by atoms with Crippen LogP contribution < -0.4 is 5.73 Å². The third kappa shape index (κ3) is 1.73. The van der Waals surface area contributed by atoms with E-state index < -0.39 is 0 Å². The Labute approximate surface area is 48.4 Å². The summed E-state index contributed by atoms with van der Waals surface area (Å²) in [5.41, 5.74) is 5.01. The summed E-state index contributed by atoms with van der Waals surface area (Å²) >= 11 is 0. The summed E-state index contributed by atoms with van der Waals surface area (Å²) in [6, 6.07) is 0. The number of amidine groups is 1. The molecule has 1 atom stereocenters. The number of nitrogens with two attached hydrogens (primary N) is 1. The highest BCUT2D eigenvalue weighted by molar-refractivity contribution is 5.92. The fourth-order valence-corrected chi connectivity index (χ4v) is 0.389. The smallest absolute Gasteiger partial charge is 0.130 e. The van der Waals surface area contributed by atoms with E-state index in [-0.39, 0.29) is 11.8 Å². The molecule has 0 amide bonds. The first-order valence-corrected chi connectivity index (χ1v) is 2.51. The number of carbonyl (C=O) groups is 1. The zero-order valence-corrected chi connectivity index (χ0v) is 4.85. The maximum Gasteiger partial charge on any atom is 0.130 e. The molecule has 0 spiro atoms. The Bertz CT molecular complexity index is 101. The molecule has 1 unspecified atom stereocenters. The normalized spacial score (nSPS) is 12.6. The van der Waals surface area contributed by atoms with Crippen LogP contribution in [0.1, 0.15) is 13.3 Å². The minimum atomic E-state index is -0.366. The van der Waals surface area contributed by atoms with Crippen LogP contribution in [0.4, 0.5) is 0 Å². The highest BCUT2D eigenvalue weighted by Gasteiger charge is 2.05. The molecule has 0 fully saturated rings. The highest BCUT2D eigenvalue weighted by Crippen LogP contribution is 1.94. The van der Waals surface area contributed by atoms with Gasteiger partial charge in [-0.2, -0.15) is 0 Å². The van der Waals surface area contributed by atoms with Crippen LogP contribution in [0.2, 0.25) is 0 Å². The molecule has 0 aliphatic rings. The SMILES string of the molecule is CCC(C=O)C(=N)N. The van der Waals surface area contributed by atoms with E-state index in [0.29, 0.717) is 12.7 Å². The van der Waals surface area contributed by atoms with E-state index in [4.69, 9.17) is 11.1 Å². The van der Waals surface area contributed by atoms with E-state index in [0.717, 1.165) is 0 Å². The van der Waals surface area contributed by atoms with Crippen molar-refractivity contribution in [2.45, 2.75) is 13.3 Å². The van der Waals surface area contributed by atoms with E-state index in [2.05, 4.69) is 0 Å². The second-order valence-corrected chi connectivity index (χ2v) is 1.61. The molecule has 0 aromatic carbocycles. The van der Waals surface area contributed by atoms with Crippen LogP contribution in [0, 0.1) is 11.3 Å². The second-order valence-electron chi connectivity index (χ2n) is 1.61. The standard InChI is InChI=1S/C5H10N2O/c1-2-4(3-8)5(6)7/h3-4H,2H2,1H3,(H3,6,7). The lowest BCUT2D eigenvalue weighted by molar-refractivity contribution is -0.109. The Morgan fingerprint density at radius 3 is 2.50 bits per heavy atom. The summed E-state index contributed by atoms with van der Waals surface area (Å²) in [6.07, 6.45) is 1.32. The Hall–Kier alpha value is -0.860. The molecule has 0 aliphatic carbocycles. The predicted octanol–water partition coefficient (Wildman–Crippen LogP) is 0.147. The fourth-order valence-electron chi connectivity index (χ4n) is 0.389. The molecule has 3 N–H and O–H groups in total. The molecule has 0 rings (SSSR count). The summed E-state index contributed by atoms with van der Waals surface area (Å²) in [5.74, 6) is -0.405. The van der Waals surface area contributed by atoms with Crippen molar-refractivity contribution in [2.75, 3.05) is 0 Å². The van der Waals surface area contributed by atoms with Gasteiger partial charge in [0.25, 0.3) is 0 Å². The maximum atomic E-state index is 9.96. The first-order chi connectivity index (χ1) is 3.72. The van der Waals surface area contributed by atoms with E-state index in [1.165, 1.54) is 0 Å². The molecule has 3 nitrogen and oxygen atoms in total. The van der Waals surface area contributed by atoms with Gasteiger partial charge in [-0.1, -0.05) is 6.92 Å². The topological polar surface area (TPSA) is 66.9 Å². The van der Waals surface area contributed by atoms with E-state index in [9.17, 15) is 4.79 Å². The van der Waals surface area contributed by atoms with Crippen molar-refractivity contribution in [3.05, 3.63) is 0 Å². The molecule has 0 aromatic rings. The molecule has 0 heterocycles. The molecular weight excluding hydrogens is 104 g/mol. The van der Waals surface area contributed by atoms with Crippen molar-refractivity contribution < 1.29 is 4.79 Å². The van der Waals surface area contributed by atoms with Crippen molar-refractivity contribution in [1.29, 1.82) is 5.41 Å². The van der Waals surface area contributed by atoms with Gasteiger partial charge in [-0.05, 0) is 6.42 Å². The van der Waals surface area contributed by atoms with E-state index in [1.807, 2.05) is 6.92 Å². The van der Waals surface area contributed by atoms with Crippen molar-refractivity contribution in [3.8, 4) is 0 Å². The Kier molecular flexibility index (Phi) is 2.84. The number of hydrogen-bond donors (Lipinski definition) is 2. The largest absolute Gasteiger partial charge is 0.387 e. The van der Waals surface area contributed by atoms with Crippen LogP contribution in [-0.4, -0.2) is 12.1 Å². The number of rotatable bonds is 3. The Morgan fingerprint density at radius 1 is 2.00 bits per heavy atom. The first-order valence-electron chi connectivity index (χ1n) is 2.51. The van der Waals surface area contributed by atoms with E-state index in [1.54, 1.807) is 0 Å². The lowest BCUT2D eigenvalue weighted by Gasteiger charge is -2.00. The van der Waals surface area contributed by atoms with Gasteiger partial charge in [0.2, 0.25) is 0 Å². The monoisotopic (exact) mass is 114 g/mol. The highest BCUT2D eigenvalue weighted by atomic mass is 16.1. The molecule has 3 heteroatoms. The Balaban J connectivity index is 3.69. The van der Waals surface area contributed by atoms with E-state index >= 15 is 0 Å². The molecular formula is C5H10N2O. The number of carbonyl (C=O) groups excluding carboxylic acids is 1. The lowest BCUT2D eigenvalue weighted by Crippen LogP contribution is -2.22. The second kappa shape index (κ2) is 3.18. The van der Waals surface area contributed by atoms with Crippen LogP contribution >= 0.6 is 0 Å². The van der Waals surface area contributed by atoms with Gasteiger partial charge in [-0.15, -0.1) is 0 Å². The zero-order valence-electron chi connectivity index (χ0n) is 4.85. The van der Waals surface area contributed by atoms with Crippen LogP contribution in [0.5, 0.6) is 0 Å². The minimum absolute atomic E-state index is 0.0394. The number of nitrogens with one attached hydrogen (secondary N) is 1. The molecule has 0 aliphatic heterocycles. The third-order valence-corrected chi connectivity index (χ3v) is 1.00. The summed E-state index contributed by atoms with van der Waals surface area (Å²) in [4.78, 5) is 9.96. The molecule has 46 valence electrons. The molecule has 0 bridgehead atoms. The third-order valence-electron chi connectivity index (χ3n) is 1.00. The van der Waals surface area contributed by atoms with Gasteiger partial charge in [0, 0.05) is 0 Å². The molecule has 8 heavy (non-hydrogen) atoms. The zero-order chi connectivity index (χ0) is 6.57. The van der Waals surface area contributed by atoms with Gasteiger partial charge in [-0.25, -0.2) is 0 Å². The molecule has 0 radical (unpaired) electrons. The van der Waals surface area contributed by atoms with Gasteiger partial charge in [0.1, 0.15) is 12.1 Å². The van der Waals surface area contributed by atoms with Crippen molar-refractivity contribution >= 4 is 12.1 Å². The van der Waals surface area contributed by atoms with Gasteiger partial charge in [0.05, 0.1) is 5.92 Å². The van der Waals surface area contributed by atoms with Crippen molar-refractivity contribution in [2.24, 2.45) is 11.7 Å². The minimum Gasteiger partial charge on any atom is -0.387 e. The molecule has 0 saturated carbocycles. The number of hydrogen-bond acceptors (Lipinski definition) is 2. The van der Waals surface area contributed by atoms with Gasteiger partial charge in [-0.3, -0.25) is 5.41 Å².